The number of benzene rings is 1. The number of hydrogen-bond acceptors (Lipinski definition) is 1. The van der Waals surface area contributed by atoms with Gasteiger partial charge < -0.3 is 9.55 Å². The molecule has 1 fully saturated rings. The van der Waals surface area contributed by atoms with E-state index >= 15 is 0 Å². The third kappa shape index (κ3) is 1.91. The number of H-pyrrole nitrogens is 1. The average molecular weight is 282 g/mol. The van der Waals surface area contributed by atoms with Crippen LogP contribution in [0.15, 0.2) is 12.1 Å². The van der Waals surface area contributed by atoms with E-state index in [1.54, 1.807) is 0 Å². The highest BCUT2D eigenvalue weighted by Crippen LogP contribution is 2.41. The average Bonchev–Trinajstić information content (AvgIpc) is 2.82. The highest BCUT2D eigenvalue weighted by atomic mass is 32.1. The zero-order chi connectivity index (χ0) is 13.7. The minimum absolute atomic E-state index is 0.220. The monoisotopic (exact) mass is 282 g/mol. The fourth-order valence-electron chi connectivity index (χ4n) is 3.18. The minimum atomic E-state index is -0.585. The summed E-state index contributed by atoms with van der Waals surface area (Å²) in [6.45, 7) is 4.39. The third-order valence-corrected chi connectivity index (χ3v) is 4.80. The summed E-state index contributed by atoms with van der Waals surface area (Å²) in [7, 11) is 0. The molecule has 0 saturated heterocycles. The molecule has 1 heterocycles. The van der Waals surface area contributed by atoms with E-state index in [-0.39, 0.29) is 6.04 Å². The second-order valence-corrected chi connectivity index (χ2v) is 5.95. The van der Waals surface area contributed by atoms with Gasteiger partial charge in [0.1, 0.15) is 11.3 Å². The molecule has 1 aromatic carbocycles. The molecule has 1 saturated carbocycles. The zero-order valence-electron chi connectivity index (χ0n) is 10.9. The van der Waals surface area contributed by atoms with Crippen LogP contribution in [0.25, 0.3) is 11.0 Å². The molecule has 1 N–H and O–H groups in total. The minimum Gasteiger partial charge on any atom is -0.328 e. The van der Waals surface area contributed by atoms with E-state index in [1.807, 2.05) is 4.57 Å². The van der Waals surface area contributed by atoms with Crippen molar-refractivity contribution in [3.63, 3.8) is 0 Å². The summed E-state index contributed by atoms with van der Waals surface area (Å²) in [4.78, 5) is 2.87. The van der Waals surface area contributed by atoms with Crippen molar-refractivity contribution in [1.29, 1.82) is 0 Å². The molecule has 1 aliphatic rings. The molecule has 0 radical (unpaired) electrons. The van der Waals surface area contributed by atoms with E-state index in [0.717, 1.165) is 18.9 Å². The maximum atomic E-state index is 13.8. The predicted octanol–water partition coefficient (Wildman–Crippen LogP) is 4.58. The van der Waals surface area contributed by atoms with Crippen LogP contribution in [0.5, 0.6) is 0 Å². The first-order valence-electron chi connectivity index (χ1n) is 6.58. The Morgan fingerprint density at radius 1 is 1.26 bits per heavy atom. The first-order chi connectivity index (χ1) is 8.99. The maximum Gasteiger partial charge on any atom is 0.178 e. The van der Waals surface area contributed by atoms with Crippen LogP contribution in [0.3, 0.4) is 0 Å². The SMILES string of the molecule is CC1CCC(n2c(=S)[nH]c3c(F)cc(F)cc32)C1C. The van der Waals surface area contributed by atoms with Crippen LogP contribution in [0.4, 0.5) is 8.78 Å². The Balaban J connectivity index is 2.24. The molecular formula is C14H16F2N2S. The van der Waals surface area contributed by atoms with Crippen molar-refractivity contribution in [2.75, 3.05) is 0 Å². The van der Waals surface area contributed by atoms with E-state index in [9.17, 15) is 8.78 Å². The molecule has 5 heteroatoms. The standard InChI is InChI=1S/C14H16F2N2S/c1-7-3-4-11(8(7)2)18-12-6-9(15)5-10(16)13(12)17-14(18)19/h5-8,11H,3-4H2,1-2H3,(H,17,19). The number of hydrogen-bond donors (Lipinski definition) is 1. The van der Waals surface area contributed by atoms with Crippen LogP contribution in [-0.4, -0.2) is 9.55 Å². The van der Waals surface area contributed by atoms with Gasteiger partial charge in [0.25, 0.3) is 0 Å². The highest BCUT2D eigenvalue weighted by molar-refractivity contribution is 7.71. The molecular weight excluding hydrogens is 266 g/mol. The second-order valence-electron chi connectivity index (χ2n) is 5.56. The number of aromatic nitrogens is 2. The van der Waals surface area contributed by atoms with Crippen molar-refractivity contribution in [2.45, 2.75) is 32.7 Å². The van der Waals surface area contributed by atoms with Crippen LogP contribution in [0.2, 0.25) is 0 Å². The Kier molecular flexibility index (Phi) is 2.96. The third-order valence-electron chi connectivity index (χ3n) is 4.50. The van der Waals surface area contributed by atoms with E-state index in [4.69, 9.17) is 12.2 Å². The Morgan fingerprint density at radius 3 is 2.63 bits per heavy atom. The van der Waals surface area contributed by atoms with E-state index in [0.29, 0.717) is 27.6 Å². The summed E-state index contributed by atoms with van der Waals surface area (Å²) >= 11 is 5.30. The van der Waals surface area contributed by atoms with Crippen molar-refractivity contribution < 1.29 is 8.78 Å². The van der Waals surface area contributed by atoms with E-state index < -0.39 is 11.6 Å². The van der Waals surface area contributed by atoms with Gasteiger partial charge in [0, 0.05) is 12.1 Å². The van der Waals surface area contributed by atoms with Gasteiger partial charge in [-0.3, -0.25) is 0 Å². The molecule has 0 amide bonds. The molecule has 3 rings (SSSR count). The number of nitrogens with zero attached hydrogens (tertiary/aromatic N) is 1. The van der Waals surface area contributed by atoms with Gasteiger partial charge in [0.05, 0.1) is 5.52 Å². The van der Waals surface area contributed by atoms with Crippen LogP contribution in [-0.2, 0) is 0 Å². The fourth-order valence-corrected chi connectivity index (χ4v) is 3.52. The van der Waals surface area contributed by atoms with Gasteiger partial charge in [-0.1, -0.05) is 13.8 Å². The highest BCUT2D eigenvalue weighted by Gasteiger charge is 2.32. The molecule has 2 aromatic rings. The molecule has 19 heavy (non-hydrogen) atoms. The molecule has 1 aromatic heterocycles. The van der Waals surface area contributed by atoms with Gasteiger partial charge in [-0.25, -0.2) is 8.78 Å². The van der Waals surface area contributed by atoms with Crippen LogP contribution in [0, 0.1) is 28.2 Å². The number of fused-ring (bicyclic) bond motifs is 1. The van der Waals surface area contributed by atoms with Crippen molar-refractivity contribution in [1.82, 2.24) is 9.55 Å². The molecule has 3 unspecified atom stereocenters. The lowest BCUT2D eigenvalue weighted by Crippen LogP contribution is -2.14. The Morgan fingerprint density at radius 2 is 2.00 bits per heavy atom. The topological polar surface area (TPSA) is 20.7 Å². The normalized spacial score (nSPS) is 27.3. The molecule has 2 nitrogen and oxygen atoms in total. The van der Waals surface area contributed by atoms with Gasteiger partial charge in [-0.05, 0) is 43.0 Å². The maximum absolute atomic E-state index is 13.8. The van der Waals surface area contributed by atoms with Crippen molar-refractivity contribution >= 4 is 23.3 Å². The lowest BCUT2D eigenvalue weighted by atomic mass is 9.97. The molecule has 0 aliphatic heterocycles. The molecule has 3 atom stereocenters. The summed E-state index contributed by atoms with van der Waals surface area (Å²) in [6.07, 6.45) is 2.12. The molecule has 0 spiro atoms. The smallest absolute Gasteiger partial charge is 0.178 e. The first kappa shape index (κ1) is 12.8. The number of rotatable bonds is 1. The van der Waals surface area contributed by atoms with E-state index in [2.05, 4.69) is 18.8 Å². The van der Waals surface area contributed by atoms with E-state index in [1.165, 1.54) is 6.07 Å². The first-order valence-corrected chi connectivity index (χ1v) is 6.99. The predicted molar refractivity (Wildman–Crippen MR) is 73.6 cm³/mol. The van der Waals surface area contributed by atoms with Crippen molar-refractivity contribution in [3.8, 4) is 0 Å². The Bertz CT molecular complexity index is 689. The number of imidazole rings is 1. The van der Waals surface area contributed by atoms with Crippen molar-refractivity contribution in [3.05, 3.63) is 28.5 Å². The summed E-state index contributed by atoms with van der Waals surface area (Å²) in [5, 5.41) is 0. The Labute approximate surface area is 115 Å². The van der Waals surface area contributed by atoms with Gasteiger partial charge in [0.15, 0.2) is 10.6 Å². The largest absolute Gasteiger partial charge is 0.328 e. The summed E-state index contributed by atoms with van der Waals surface area (Å²) in [5.74, 6) is -0.0859. The summed E-state index contributed by atoms with van der Waals surface area (Å²) in [6, 6.07) is 2.47. The van der Waals surface area contributed by atoms with Crippen LogP contribution in [0.1, 0.15) is 32.7 Å². The number of aromatic amines is 1. The van der Waals surface area contributed by atoms with Gasteiger partial charge in [0.2, 0.25) is 0 Å². The Hall–Kier alpha value is -1.23. The summed E-state index contributed by atoms with van der Waals surface area (Å²) in [5.41, 5.74) is 0.839. The number of halogens is 2. The molecule has 1 aliphatic carbocycles. The second kappa shape index (κ2) is 4.40. The number of nitrogens with one attached hydrogen (secondary N) is 1. The fraction of sp³-hybridized carbons (Fsp3) is 0.500. The summed E-state index contributed by atoms with van der Waals surface area (Å²) < 4.78 is 29.6. The molecule has 102 valence electrons. The van der Waals surface area contributed by atoms with Crippen molar-refractivity contribution in [2.24, 2.45) is 11.8 Å². The lowest BCUT2D eigenvalue weighted by Gasteiger charge is -2.20. The van der Waals surface area contributed by atoms with Gasteiger partial charge in [-0.2, -0.15) is 0 Å². The quantitative estimate of drug-likeness (QED) is 0.759. The zero-order valence-corrected chi connectivity index (χ0v) is 11.7. The van der Waals surface area contributed by atoms with Crippen LogP contribution >= 0.6 is 12.2 Å². The lowest BCUT2D eigenvalue weighted by molar-refractivity contribution is 0.356. The van der Waals surface area contributed by atoms with Gasteiger partial charge in [-0.15, -0.1) is 0 Å². The van der Waals surface area contributed by atoms with Gasteiger partial charge >= 0.3 is 0 Å². The molecule has 0 bridgehead atoms. The van der Waals surface area contributed by atoms with Crippen LogP contribution < -0.4 is 0 Å².